The molecule has 0 spiro atoms. The average Bonchev–Trinajstić information content (AvgIpc) is 2.98. The number of hydrogen-bond acceptors (Lipinski definition) is 6. The number of benzene rings is 1. The highest BCUT2D eigenvalue weighted by molar-refractivity contribution is 5.92. The summed E-state index contributed by atoms with van der Waals surface area (Å²) in [5, 5.41) is 13.6. The number of hydrogen-bond donors (Lipinski definition) is 1. The SMILES string of the molecule is Cn1nnnc1CC(=O)Nc1ccc2c(c1)OCO2. The zero-order valence-electron chi connectivity index (χ0n) is 10.2. The largest absolute Gasteiger partial charge is 0.454 e. The van der Waals surface area contributed by atoms with Gasteiger partial charge in [-0.05, 0) is 22.6 Å². The maximum absolute atomic E-state index is 11.8. The van der Waals surface area contributed by atoms with Gasteiger partial charge in [-0.1, -0.05) is 0 Å². The summed E-state index contributed by atoms with van der Waals surface area (Å²) in [5.74, 6) is 1.60. The summed E-state index contributed by atoms with van der Waals surface area (Å²) in [4.78, 5) is 11.8. The Kier molecular flexibility index (Phi) is 2.75. The van der Waals surface area contributed by atoms with E-state index in [1.165, 1.54) is 4.68 Å². The van der Waals surface area contributed by atoms with E-state index >= 15 is 0 Å². The molecule has 1 aromatic carbocycles. The molecule has 0 atom stereocenters. The van der Waals surface area contributed by atoms with Crippen LogP contribution in [0.25, 0.3) is 0 Å². The number of aromatic nitrogens is 4. The number of tetrazole rings is 1. The lowest BCUT2D eigenvalue weighted by molar-refractivity contribution is -0.115. The Morgan fingerprint density at radius 3 is 3.05 bits per heavy atom. The number of carbonyl (C=O) groups is 1. The molecule has 0 aliphatic carbocycles. The molecule has 0 saturated carbocycles. The van der Waals surface area contributed by atoms with Gasteiger partial charge >= 0.3 is 0 Å². The van der Waals surface area contributed by atoms with Gasteiger partial charge in [-0.3, -0.25) is 4.79 Å². The van der Waals surface area contributed by atoms with Gasteiger partial charge in [-0.2, -0.15) is 0 Å². The molecule has 19 heavy (non-hydrogen) atoms. The lowest BCUT2D eigenvalue weighted by Gasteiger charge is -2.05. The Labute approximate surface area is 108 Å². The van der Waals surface area contributed by atoms with Crippen molar-refractivity contribution in [2.24, 2.45) is 7.05 Å². The van der Waals surface area contributed by atoms with Gasteiger partial charge in [0.05, 0.1) is 6.42 Å². The fraction of sp³-hybridized carbons (Fsp3) is 0.273. The fourth-order valence-corrected chi connectivity index (χ4v) is 1.72. The van der Waals surface area contributed by atoms with Crippen molar-refractivity contribution in [2.45, 2.75) is 6.42 Å². The lowest BCUT2D eigenvalue weighted by Crippen LogP contribution is -2.17. The van der Waals surface area contributed by atoms with Gasteiger partial charge < -0.3 is 14.8 Å². The molecular formula is C11H11N5O3. The summed E-state index contributed by atoms with van der Waals surface area (Å²) in [5.41, 5.74) is 0.643. The quantitative estimate of drug-likeness (QED) is 0.843. The monoisotopic (exact) mass is 261 g/mol. The van der Waals surface area contributed by atoms with E-state index in [0.29, 0.717) is 23.0 Å². The molecule has 8 heteroatoms. The molecule has 0 bridgehead atoms. The minimum Gasteiger partial charge on any atom is -0.454 e. The van der Waals surface area contributed by atoms with Crippen LogP contribution < -0.4 is 14.8 Å². The molecule has 1 aliphatic rings. The molecule has 0 radical (unpaired) electrons. The van der Waals surface area contributed by atoms with Gasteiger partial charge in [-0.25, -0.2) is 4.68 Å². The molecule has 98 valence electrons. The van der Waals surface area contributed by atoms with Crippen LogP contribution in [0.1, 0.15) is 5.82 Å². The maximum Gasteiger partial charge on any atom is 0.232 e. The van der Waals surface area contributed by atoms with E-state index in [9.17, 15) is 4.79 Å². The number of amides is 1. The van der Waals surface area contributed by atoms with Gasteiger partial charge in [0, 0.05) is 18.8 Å². The number of rotatable bonds is 3. The van der Waals surface area contributed by atoms with Crippen LogP contribution in [0, 0.1) is 0 Å². The lowest BCUT2D eigenvalue weighted by atomic mass is 10.2. The van der Waals surface area contributed by atoms with E-state index in [1.807, 2.05) is 0 Å². The number of nitrogens with one attached hydrogen (secondary N) is 1. The first-order chi connectivity index (χ1) is 9.22. The van der Waals surface area contributed by atoms with Crippen LogP contribution >= 0.6 is 0 Å². The van der Waals surface area contributed by atoms with Crippen molar-refractivity contribution in [3.63, 3.8) is 0 Å². The molecule has 1 N–H and O–H groups in total. The van der Waals surface area contributed by atoms with Gasteiger partial charge in [0.1, 0.15) is 0 Å². The minimum absolute atomic E-state index is 0.109. The Morgan fingerprint density at radius 2 is 2.26 bits per heavy atom. The van der Waals surface area contributed by atoms with Crippen LogP contribution in [0.4, 0.5) is 5.69 Å². The van der Waals surface area contributed by atoms with Crippen LogP contribution in [0.5, 0.6) is 11.5 Å². The van der Waals surface area contributed by atoms with Crippen molar-refractivity contribution < 1.29 is 14.3 Å². The smallest absolute Gasteiger partial charge is 0.232 e. The van der Waals surface area contributed by atoms with Crippen LogP contribution in [0.2, 0.25) is 0 Å². The number of fused-ring (bicyclic) bond motifs is 1. The summed E-state index contributed by atoms with van der Waals surface area (Å²) in [6.45, 7) is 0.206. The van der Waals surface area contributed by atoms with E-state index in [4.69, 9.17) is 9.47 Å². The summed E-state index contributed by atoms with van der Waals surface area (Å²) >= 11 is 0. The third-order valence-corrected chi connectivity index (χ3v) is 2.68. The van der Waals surface area contributed by atoms with E-state index in [2.05, 4.69) is 20.8 Å². The summed E-state index contributed by atoms with van der Waals surface area (Å²) < 4.78 is 11.9. The number of ether oxygens (including phenoxy) is 2. The van der Waals surface area contributed by atoms with Crippen molar-refractivity contribution in [2.75, 3.05) is 12.1 Å². The van der Waals surface area contributed by atoms with E-state index < -0.39 is 0 Å². The number of anilines is 1. The molecular weight excluding hydrogens is 250 g/mol. The first kappa shape index (κ1) is 11.5. The number of aryl methyl sites for hydroxylation is 1. The van der Waals surface area contributed by atoms with Crippen molar-refractivity contribution in [1.82, 2.24) is 20.2 Å². The van der Waals surface area contributed by atoms with E-state index in [1.54, 1.807) is 25.2 Å². The highest BCUT2D eigenvalue weighted by Gasteiger charge is 2.15. The number of carbonyl (C=O) groups excluding carboxylic acids is 1. The van der Waals surface area contributed by atoms with Crippen molar-refractivity contribution in [1.29, 1.82) is 0 Å². The fourth-order valence-electron chi connectivity index (χ4n) is 1.72. The molecule has 2 heterocycles. The highest BCUT2D eigenvalue weighted by atomic mass is 16.7. The predicted octanol–water partition coefficient (Wildman–Crippen LogP) is 0.120. The molecule has 2 aromatic rings. The van der Waals surface area contributed by atoms with Crippen molar-refractivity contribution in [3.8, 4) is 11.5 Å². The predicted molar refractivity (Wildman–Crippen MR) is 63.7 cm³/mol. The standard InChI is InChI=1S/C11H11N5O3/c1-16-10(13-14-15-16)5-11(17)12-7-2-3-8-9(4-7)19-6-18-8/h2-4H,5-6H2,1H3,(H,12,17). The second kappa shape index (κ2) is 4.56. The molecule has 0 saturated heterocycles. The zero-order chi connectivity index (χ0) is 13.2. The molecule has 1 aliphatic heterocycles. The molecule has 1 amide bonds. The second-order valence-electron chi connectivity index (χ2n) is 4.01. The van der Waals surface area contributed by atoms with Gasteiger partial charge in [0.2, 0.25) is 12.7 Å². The van der Waals surface area contributed by atoms with E-state index in [0.717, 1.165) is 0 Å². The third-order valence-electron chi connectivity index (χ3n) is 2.68. The van der Waals surface area contributed by atoms with E-state index in [-0.39, 0.29) is 19.1 Å². The average molecular weight is 261 g/mol. The Bertz CT molecular complexity index is 625. The Hall–Kier alpha value is -2.64. The molecule has 0 unspecified atom stereocenters. The van der Waals surface area contributed by atoms with Crippen LogP contribution in [-0.4, -0.2) is 32.9 Å². The summed E-state index contributed by atoms with van der Waals surface area (Å²) in [7, 11) is 1.68. The molecule has 0 fully saturated rings. The third kappa shape index (κ3) is 2.32. The summed E-state index contributed by atoms with van der Waals surface area (Å²) in [6.07, 6.45) is 0.109. The van der Waals surface area contributed by atoms with Gasteiger partial charge in [0.25, 0.3) is 0 Å². The number of nitrogens with zero attached hydrogens (tertiary/aromatic N) is 4. The van der Waals surface area contributed by atoms with Crippen molar-refractivity contribution >= 4 is 11.6 Å². The topological polar surface area (TPSA) is 91.2 Å². The van der Waals surface area contributed by atoms with Crippen molar-refractivity contribution in [3.05, 3.63) is 24.0 Å². The summed E-state index contributed by atoms with van der Waals surface area (Å²) in [6, 6.07) is 5.22. The van der Waals surface area contributed by atoms with Crippen LogP contribution in [0.3, 0.4) is 0 Å². The highest BCUT2D eigenvalue weighted by Crippen LogP contribution is 2.34. The first-order valence-electron chi connectivity index (χ1n) is 5.63. The first-order valence-corrected chi connectivity index (χ1v) is 5.63. The van der Waals surface area contributed by atoms with Gasteiger partial charge in [-0.15, -0.1) is 5.10 Å². The molecule has 1 aromatic heterocycles. The Balaban J connectivity index is 1.68. The minimum atomic E-state index is -0.197. The zero-order valence-corrected chi connectivity index (χ0v) is 10.2. The second-order valence-corrected chi connectivity index (χ2v) is 4.01. The maximum atomic E-state index is 11.8. The van der Waals surface area contributed by atoms with Crippen LogP contribution in [0.15, 0.2) is 18.2 Å². The normalized spacial score (nSPS) is 12.5. The van der Waals surface area contributed by atoms with Gasteiger partial charge in [0.15, 0.2) is 17.3 Å². The van der Waals surface area contributed by atoms with Crippen LogP contribution in [-0.2, 0) is 18.3 Å². The molecule has 3 rings (SSSR count). The molecule has 8 nitrogen and oxygen atoms in total. The Morgan fingerprint density at radius 1 is 1.42 bits per heavy atom.